The van der Waals surface area contributed by atoms with E-state index in [-0.39, 0.29) is 0 Å². The fourth-order valence-electron chi connectivity index (χ4n) is 1.63. The standard InChI is InChI=1S/C13H16ClNO2/c1-3-17-13-7-10(2)11(8-12(13)14)5-4-6-15-9-16/h7-8H,3-6H2,1-2H3. The summed E-state index contributed by atoms with van der Waals surface area (Å²) in [5, 5.41) is 0.631. The SMILES string of the molecule is CCOc1cc(C)c(CCCN=C=O)cc1Cl. The van der Waals surface area contributed by atoms with Crippen LogP contribution < -0.4 is 4.74 Å². The molecule has 0 heterocycles. The highest BCUT2D eigenvalue weighted by atomic mass is 35.5. The van der Waals surface area contributed by atoms with Crippen molar-refractivity contribution < 1.29 is 9.53 Å². The van der Waals surface area contributed by atoms with Gasteiger partial charge < -0.3 is 4.74 Å². The van der Waals surface area contributed by atoms with Crippen molar-refractivity contribution in [2.24, 2.45) is 4.99 Å². The van der Waals surface area contributed by atoms with Crippen molar-refractivity contribution in [3.63, 3.8) is 0 Å². The average molecular weight is 254 g/mol. The van der Waals surface area contributed by atoms with Crippen molar-refractivity contribution in [1.29, 1.82) is 0 Å². The van der Waals surface area contributed by atoms with Gasteiger partial charge in [0.1, 0.15) is 5.75 Å². The molecule has 0 N–H and O–H groups in total. The molecule has 0 atom stereocenters. The molecule has 1 aromatic rings. The van der Waals surface area contributed by atoms with E-state index in [9.17, 15) is 4.79 Å². The smallest absolute Gasteiger partial charge is 0.234 e. The zero-order valence-electron chi connectivity index (χ0n) is 10.1. The molecule has 17 heavy (non-hydrogen) atoms. The molecule has 92 valence electrons. The number of isocyanates is 1. The molecule has 3 nitrogen and oxygen atoms in total. The minimum atomic E-state index is 0.508. The highest BCUT2D eigenvalue weighted by molar-refractivity contribution is 6.32. The quantitative estimate of drug-likeness (QED) is 0.443. The molecule has 0 saturated heterocycles. The first-order valence-corrected chi connectivity index (χ1v) is 6.02. The predicted octanol–water partition coefficient (Wildman–Crippen LogP) is 3.32. The topological polar surface area (TPSA) is 38.7 Å². The van der Waals surface area contributed by atoms with Gasteiger partial charge in [-0.25, -0.2) is 9.79 Å². The number of aliphatic imine (C=N–C) groups is 1. The summed E-state index contributed by atoms with van der Waals surface area (Å²) in [4.78, 5) is 13.4. The molecule has 0 saturated carbocycles. The van der Waals surface area contributed by atoms with Crippen LogP contribution in [0.4, 0.5) is 0 Å². The molecule has 0 aliphatic carbocycles. The zero-order valence-corrected chi connectivity index (χ0v) is 10.9. The minimum Gasteiger partial charge on any atom is -0.492 e. The van der Waals surface area contributed by atoms with Gasteiger partial charge in [-0.1, -0.05) is 11.6 Å². The van der Waals surface area contributed by atoms with Gasteiger partial charge >= 0.3 is 0 Å². The molecular weight excluding hydrogens is 238 g/mol. The number of halogens is 1. The number of benzene rings is 1. The average Bonchev–Trinajstić information content (AvgIpc) is 2.30. The Bertz CT molecular complexity index is 426. The van der Waals surface area contributed by atoms with E-state index in [0.29, 0.717) is 18.2 Å². The van der Waals surface area contributed by atoms with Gasteiger partial charge in [-0.2, -0.15) is 0 Å². The third-order valence-corrected chi connectivity index (χ3v) is 2.77. The Morgan fingerprint density at radius 2 is 2.24 bits per heavy atom. The summed E-state index contributed by atoms with van der Waals surface area (Å²) in [7, 11) is 0. The maximum absolute atomic E-state index is 9.92. The van der Waals surface area contributed by atoms with Crippen molar-refractivity contribution in [3.8, 4) is 5.75 Å². The highest BCUT2D eigenvalue weighted by Crippen LogP contribution is 2.28. The van der Waals surface area contributed by atoms with Gasteiger partial charge in [0.05, 0.1) is 18.2 Å². The lowest BCUT2D eigenvalue weighted by molar-refractivity contribution is 0.340. The van der Waals surface area contributed by atoms with Crippen LogP contribution in [0.15, 0.2) is 17.1 Å². The van der Waals surface area contributed by atoms with Crippen LogP contribution >= 0.6 is 11.6 Å². The monoisotopic (exact) mass is 253 g/mol. The third kappa shape index (κ3) is 4.22. The maximum atomic E-state index is 9.92. The molecule has 1 aromatic carbocycles. The fourth-order valence-corrected chi connectivity index (χ4v) is 1.87. The first-order chi connectivity index (χ1) is 8.19. The summed E-state index contributed by atoms with van der Waals surface area (Å²) in [6.45, 7) is 5.06. The van der Waals surface area contributed by atoms with Gasteiger partial charge in [-0.05, 0) is 49.9 Å². The normalized spacial score (nSPS) is 9.82. The van der Waals surface area contributed by atoms with Gasteiger partial charge in [0.15, 0.2) is 0 Å². The second-order valence-corrected chi connectivity index (χ2v) is 4.13. The zero-order chi connectivity index (χ0) is 12.7. The lowest BCUT2D eigenvalue weighted by atomic mass is 10.0. The largest absolute Gasteiger partial charge is 0.492 e. The van der Waals surface area contributed by atoms with E-state index in [4.69, 9.17) is 16.3 Å². The first kappa shape index (κ1) is 13.8. The molecule has 0 fully saturated rings. The minimum absolute atomic E-state index is 0.508. The molecule has 4 heteroatoms. The van der Waals surface area contributed by atoms with E-state index in [1.54, 1.807) is 0 Å². The molecule has 0 spiro atoms. The van der Waals surface area contributed by atoms with Crippen molar-refractivity contribution in [2.75, 3.05) is 13.2 Å². The number of hydrogen-bond acceptors (Lipinski definition) is 3. The number of nitrogens with zero attached hydrogens (tertiary/aromatic N) is 1. The fraction of sp³-hybridized carbons (Fsp3) is 0.462. The van der Waals surface area contributed by atoms with Crippen LogP contribution in [0, 0.1) is 6.92 Å². The van der Waals surface area contributed by atoms with Crippen LogP contribution in [0.25, 0.3) is 0 Å². The molecule has 0 amide bonds. The van der Waals surface area contributed by atoms with Gasteiger partial charge in [-0.15, -0.1) is 0 Å². The first-order valence-electron chi connectivity index (χ1n) is 5.64. The Morgan fingerprint density at radius 3 is 2.88 bits per heavy atom. The summed E-state index contributed by atoms with van der Waals surface area (Å²) in [5.74, 6) is 0.723. The molecule has 0 radical (unpaired) electrons. The Morgan fingerprint density at radius 1 is 1.47 bits per heavy atom. The number of hydrogen-bond donors (Lipinski definition) is 0. The Balaban J connectivity index is 2.73. The van der Waals surface area contributed by atoms with Crippen molar-refractivity contribution >= 4 is 17.7 Å². The van der Waals surface area contributed by atoms with E-state index in [1.807, 2.05) is 26.0 Å². The molecular formula is C13H16ClNO2. The third-order valence-electron chi connectivity index (χ3n) is 2.47. The summed E-state index contributed by atoms with van der Waals surface area (Å²) in [6, 6.07) is 3.87. The van der Waals surface area contributed by atoms with E-state index in [1.165, 1.54) is 11.6 Å². The highest BCUT2D eigenvalue weighted by Gasteiger charge is 2.06. The van der Waals surface area contributed by atoms with Crippen LogP contribution in [0.3, 0.4) is 0 Å². The number of aryl methyl sites for hydroxylation is 2. The molecule has 0 aliphatic heterocycles. The van der Waals surface area contributed by atoms with E-state index in [2.05, 4.69) is 4.99 Å². The number of rotatable bonds is 6. The maximum Gasteiger partial charge on any atom is 0.234 e. The summed E-state index contributed by atoms with van der Waals surface area (Å²) in [6.07, 6.45) is 3.20. The van der Waals surface area contributed by atoms with Gasteiger partial charge in [-0.3, -0.25) is 0 Å². The second kappa shape index (κ2) is 7.10. The molecule has 0 aromatic heterocycles. The van der Waals surface area contributed by atoms with Gasteiger partial charge in [0.2, 0.25) is 6.08 Å². The summed E-state index contributed by atoms with van der Waals surface area (Å²) in [5.41, 5.74) is 2.31. The molecule has 0 aliphatic rings. The Hall–Kier alpha value is -1.31. The van der Waals surface area contributed by atoms with E-state index in [0.717, 1.165) is 24.2 Å². The van der Waals surface area contributed by atoms with Crippen LogP contribution in [-0.2, 0) is 11.2 Å². The van der Waals surface area contributed by atoms with Crippen LogP contribution in [0.5, 0.6) is 5.75 Å². The van der Waals surface area contributed by atoms with Crippen LogP contribution in [0.2, 0.25) is 5.02 Å². The number of ether oxygens (including phenoxy) is 1. The van der Waals surface area contributed by atoms with E-state index < -0.39 is 0 Å². The van der Waals surface area contributed by atoms with Crippen molar-refractivity contribution in [2.45, 2.75) is 26.7 Å². The van der Waals surface area contributed by atoms with Crippen LogP contribution in [-0.4, -0.2) is 19.2 Å². The number of carbonyl (C=O) groups excluding carboxylic acids is 1. The van der Waals surface area contributed by atoms with E-state index >= 15 is 0 Å². The Labute approximate surface area is 106 Å². The van der Waals surface area contributed by atoms with Gasteiger partial charge in [0.25, 0.3) is 0 Å². The molecule has 0 bridgehead atoms. The summed E-state index contributed by atoms with van der Waals surface area (Å²) < 4.78 is 5.41. The lowest BCUT2D eigenvalue weighted by Crippen LogP contribution is -1.97. The second-order valence-electron chi connectivity index (χ2n) is 3.72. The van der Waals surface area contributed by atoms with Crippen LogP contribution in [0.1, 0.15) is 24.5 Å². The summed E-state index contributed by atoms with van der Waals surface area (Å²) >= 11 is 6.11. The molecule has 1 rings (SSSR count). The lowest BCUT2D eigenvalue weighted by Gasteiger charge is -2.10. The van der Waals surface area contributed by atoms with Crippen molar-refractivity contribution in [1.82, 2.24) is 0 Å². The van der Waals surface area contributed by atoms with Crippen molar-refractivity contribution in [3.05, 3.63) is 28.3 Å². The molecule has 0 unspecified atom stereocenters. The predicted molar refractivity (Wildman–Crippen MR) is 68.7 cm³/mol. The Kier molecular flexibility index (Phi) is 5.75. The van der Waals surface area contributed by atoms with Gasteiger partial charge in [0, 0.05) is 0 Å².